The van der Waals surface area contributed by atoms with Gasteiger partial charge in [0.2, 0.25) is 11.1 Å². The topological polar surface area (TPSA) is 104 Å². The number of fused-ring (bicyclic) bond motifs is 1. The minimum absolute atomic E-state index is 0.0490. The zero-order valence-corrected chi connectivity index (χ0v) is 18.3. The number of nitrogens with one attached hydrogen (secondary N) is 1. The molecule has 1 heterocycles. The van der Waals surface area contributed by atoms with E-state index in [4.69, 9.17) is 15.3 Å². The normalized spacial score (nSPS) is 15.2. The highest BCUT2D eigenvalue weighted by Crippen LogP contribution is 2.33. The molecule has 1 aromatic heterocycles. The Balaban J connectivity index is 1.43. The molecule has 4 rings (SSSR count). The van der Waals surface area contributed by atoms with Crippen LogP contribution >= 0.6 is 11.8 Å². The van der Waals surface area contributed by atoms with Crippen molar-refractivity contribution < 1.29 is 14.3 Å². The lowest BCUT2D eigenvalue weighted by atomic mass is 9.88. The monoisotopic (exact) mass is 439 g/mol. The van der Waals surface area contributed by atoms with Gasteiger partial charge in [0.25, 0.3) is 0 Å². The number of thioether (sulfide) groups is 1. The third-order valence-electron chi connectivity index (χ3n) is 5.35. The van der Waals surface area contributed by atoms with Gasteiger partial charge in [-0.15, -0.1) is 10.2 Å². The van der Waals surface area contributed by atoms with Crippen LogP contribution in [0.1, 0.15) is 30.0 Å². The molecule has 9 heteroatoms. The van der Waals surface area contributed by atoms with Crippen LogP contribution in [0.4, 0.5) is 0 Å². The van der Waals surface area contributed by atoms with Gasteiger partial charge in [-0.05, 0) is 42.5 Å². The quantitative estimate of drug-likeness (QED) is 0.431. The van der Waals surface area contributed by atoms with Crippen molar-refractivity contribution in [1.29, 1.82) is 0 Å². The maximum Gasteiger partial charge on any atom is 0.230 e. The number of nitrogens with zero attached hydrogens (tertiary/aromatic N) is 3. The second-order valence-corrected chi connectivity index (χ2v) is 8.18. The molecule has 0 aliphatic heterocycles. The number of nitrogens with two attached hydrogens (primary N) is 1. The molecule has 0 fully saturated rings. The number of amides is 1. The average Bonchev–Trinajstić information content (AvgIpc) is 3.17. The molecule has 31 heavy (non-hydrogen) atoms. The van der Waals surface area contributed by atoms with E-state index in [0.717, 1.165) is 19.3 Å². The summed E-state index contributed by atoms with van der Waals surface area (Å²) in [5, 5.41) is 11.9. The van der Waals surface area contributed by atoms with Crippen LogP contribution < -0.4 is 20.6 Å². The third-order valence-corrected chi connectivity index (χ3v) is 6.29. The number of carbonyl (C=O) groups is 1. The number of carbonyl (C=O) groups excluding carboxylic acids is 1. The number of hydrogen-bond acceptors (Lipinski definition) is 7. The van der Waals surface area contributed by atoms with Crippen LogP contribution in [0.5, 0.6) is 11.5 Å². The second-order valence-electron chi connectivity index (χ2n) is 7.24. The molecule has 0 saturated heterocycles. The van der Waals surface area contributed by atoms with Crippen LogP contribution in [0, 0.1) is 0 Å². The molecule has 8 nitrogen and oxygen atoms in total. The number of hydrogen-bond donors (Lipinski definition) is 2. The predicted molar refractivity (Wildman–Crippen MR) is 120 cm³/mol. The number of aryl methyl sites for hydroxylation is 1. The Kier molecular flexibility index (Phi) is 6.31. The SMILES string of the molecule is COc1ccc(-c2nnc(SCC(=O)NC3CCCc4ccccc43)n2N)c(OC)c1. The molecule has 0 bridgehead atoms. The number of ether oxygens (including phenoxy) is 2. The fourth-order valence-corrected chi connectivity index (χ4v) is 4.48. The summed E-state index contributed by atoms with van der Waals surface area (Å²) in [5.41, 5.74) is 3.21. The highest BCUT2D eigenvalue weighted by atomic mass is 32.2. The van der Waals surface area contributed by atoms with Gasteiger partial charge in [-0.2, -0.15) is 0 Å². The summed E-state index contributed by atoms with van der Waals surface area (Å²) in [6, 6.07) is 13.7. The van der Waals surface area contributed by atoms with Crippen molar-refractivity contribution >= 4 is 17.7 Å². The predicted octanol–water partition coefficient (Wildman–Crippen LogP) is 2.96. The Morgan fingerprint density at radius 1 is 1.23 bits per heavy atom. The van der Waals surface area contributed by atoms with Gasteiger partial charge in [-0.25, -0.2) is 4.68 Å². The number of nitrogen functional groups attached to an aromatic ring is 1. The summed E-state index contributed by atoms with van der Waals surface area (Å²) < 4.78 is 12.0. The van der Waals surface area contributed by atoms with E-state index in [9.17, 15) is 4.79 Å². The number of rotatable bonds is 7. The Bertz CT molecular complexity index is 1080. The zero-order valence-electron chi connectivity index (χ0n) is 17.5. The van der Waals surface area contributed by atoms with E-state index in [1.807, 2.05) is 18.2 Å². The van der Waals surface area contributed by atoms with E-state index in [1.165, 1.54) is 27.6 Å². The highest BCUT2D eigenvalue weighted by Gasteiger charge is 2.22. The fourth-order valence-electron chi connectivity index (χ4n) is 3.81. The maximum atomic E-state index is 12.6. The van der Waals surface area contributed by atoms with Crippen LogP contribution in [0.25, 0.3) is 11.4 Å². The molecule has 1 unspecified atom stereocenters. The van der Waals surface area contributed by atoms with Gasteiger partial charge < -0.3 is 20.6 Å². The molecular formula is C22H25N5O3S. The molecule has 3 N–H and O–H groups in total. The molecule has 0 spiro atoms. The third kappa shape index (κ3) is 4.46. The Morgan fingerprint density at radius 3 is 2.87 bits per heavy atom. The van der Waals surface area contributed by atoms with Crippen LogP contribution in [0.15, 0.2) is 47.6 Å². The van der Waals surface area contributed by atoms with E-state index in [2.05, 4.69) is 27.6 Å². The second kappa shape index (κ2) is 9.30. The van der Waals surface area contributed by atoms with Gasteiger partial charge in [0.05, 0.1) is 31.6 Å². The molecule has 162 valence electrons. The van der Waals surface area contributed by atoms with Crippen LogP contribution in [0.2, 0.25) is 0 Å². The summed E-state index contributed by atoms with van der Waals surface area (Å²) in [5.74, 6) is 8.05. The first-order chi connectivity index (χ1) is 15.1. The van der Waals surface area contributed by atoms with Gasteiger partial charge in [0.15, 0.2) is 5.82 Å². The fraction of sp³-hybridized carbons (Fsp3) is 0.318. The summed E-state index contributed by atoms with van der Waals surface area (Å²) in [4.78, 5) is 12.6. The Hall–Kier alpha value is -3.20. The average molecular weight is 440 g/mol. The molecule has 1 atom stereocenters. The van der Waals surface area contributed by atoms with Crippen LogP contribution in [0.3, 0.4) is 0 Å². The van der Waals surface area contributed by atoms with Gasteiger partial charge in [-0.3, -0.25) is 4.79 Å². The minimum Gasteiger partial charge on any atom is -0.497 e. The van der Waals surface area contributed by atoms with Gasteiger partial charge >= 0.3 is 0 Å². The zero-order chi connectivity index (χ0) is 21.8. The van der Waals surface area contributed by atoms with Crippen molar-refractivity contribution in [2.45, 2.75) is 30.5 Å². The first-order valence-corrected chi connectivity index (χ1v) is 11.0. The van der Waals surface area contributed by atoms with Crippen LogP contribution in [-0.2, 0) is 11.2 Å². The lowest BCUT2D eigenvalue weighted by Gasteiger charge is -2.26. The van der Waals surface area contributed by atoms with E-state index in [-0.39, 0.29) is 17.7 Å². The number of benzene rings is 2. The first kappa shape index (κ1) is 21.0. The maximum absolute atomic E-state index is 12.6. The number of methoxy groups -OCH3 is 2. The molecule has 0 saturated carbocycles. The van der Waals surface area contributed by atoms with E-state index in [1.54, 1.807) is 26.4 Å². The van der Waals surface area contributed by atoms with Crippen molar-refractivity contribution in [3.05, 3.63) is 53.6 Å². The largest absolute Gasteiger partial charge is 0.497 e. The Morgan fingerprint density at radius 2 is 2.06 bits per heavy atom. The van der Waals surface area contributed by atoms with Crippen molar-refractivity contribution in [2.75, 3.05) is 25.8 Å². The summed E-state index contributed by atoms with van der Waals surface area (Å²) in [7, 11) is 3.16. The van der Waals surface area contributed by atoms with Crippen LogP contribution in [-0.4, -0.2) is 40.8 Å². The molecule has 1 aliphatic rings. The minimum atomic E-state index is -0.0571. The summed E-state index contributed by atoms with van der Waals surface area (Å²) in [6.45, 7) is 0. The van der Waals surface area contributed by atoms with Gasteiger partial charge in [-0.1, -0.05) is 36.0 Å². The van der Waals surface area contributed by atoms with Crippen molar-refractivity contribution in [3.8, 4) is 22.9 Å². The smallest absolute Gasteiger partial charge is 0.230 e. The van der Waals surface area contributed by atoms with Gasteiger partial charge in [0.1, 0.15) is 11.5 Å². The lowest BCUT2D eigenvalue weighted by molar-refractivity contribution is -0.119. The molecule has 1 amide bonds. The lowest BCUT2D eigenvalue weighted by Crippen LogP contribution is -2.32. The van der Waals surface area contributed by atoms with E-state index < -0.39 is 0 Å². The van der Waals surface area contributed by atoms with E-state index >= 15 is 0 Å². The highest BCUT2D eigenvalue weighted by molar-refractivity contribution is 7.99. The molecule has 2 aromatic carbocycles. The summed E-state index contributed by atoms with van der Waals surface area (Å²) >= 11 is 1.25. The van der Waals surface area contributed by atoms with E-state index in [0.29, 0.717) is 28.0 Å². The van der Waals surface area contributed by atoms with Crippen molar-refractivity contribution in [3.63, 3.8) is 0 Å². The summed E-state index contributed by atoms with van der Waals surface area (Å²) in [6.07, 6.45) is 3.08. The van der Waals surface area contributed by atoms with Gasteiger partial charge in [0, 0.05) is 6.07 Å². The van der Waals surface area contributed by atoms with Crippen molar-refractivity contribution in [2.24, 2.45) is 0 Å². The van der Waals surface area contributed by atoms with Crippen molar-refractivity contribution in [1.82, 2.24) is 20.2 Å². The number of aromatic nitrogens is 3. The standard InChI is InChI=1S/C22H25N5O3S/c1-29-15-10-11-17(19(12-15)30-2)21-25-26-22(27(21)23)31-13-20(28)24-18-9-5-7-14-6-3-4-8-16(14)18/h3-4,6,8,10-12,18H,5,7,9,13,23H2,1-2H3,(H,24,28). The Labute approximate surface area is 185 Å². The molecular weight excluding hydrogens is 414 g/mol. The molecule has 1 aliphatic carbocycles. The molecule has 0 radical (unpaired) electrons. The molecule has 3 aromatic rings. The first-order valence-electron chi connectivity index (χ1n) is 10.0.